The van der Waals surface area contributed by atoms with Crippen molar-refractivity contribution in [2.24, 2.45) is 0 Å². The van der Waals surface area contributed by atoms with Crippen molar-refractivity contribution in [3.63, 3.8) is 0 Å². The average molecular weight is 242 g/mol. The van der Waals surface area contributed by atoms with Crippen LogP contribution in [0.5, 0.6) is 0 Å². The van der Waals surface area contributed by atoms with Gasteiger partial charge in [0.25, 0.3) is 0 Å². The van der Waals surface area contributed by atoms with Crippen molar-refractivity contribution in [3.8, 4) is 0 Å². The van der Waals surface area contributed by atoms with E-state index in [4.69, 9.17) is 5.11 Å². The molecule has 0 unspecified atom stereocenters. The van der Waals surface area contributed by atoms with Crippen LogP contribution in [0.1, 0.15) is 0 Å². The van der Waals surface area contributed by atoms with Crippen molar-refractivity contribution < 1.29 is 18.7 Å². The van der Waals surface area contributed by atoms with Crippen LogP contribution >= 0.6 is 0 Å². The van der Waals surface area contributed by atoms with E-state index in [2.05, 4.69) is 5.32 Å². The zero-order valence-electron chi connectivity index (χ0n) is 8.99. The second-order valence-corrected chi connectivity index (χ2v) is 4.05. The normalized spacial score (nSPS) is 16.6. The Balaban J connectivity index is 1.89. The number of hydrogen-bond donors (Lipinski definition) is 2. The predicted molar refractivity (Wildman–Crippen MR) is 57.4 cm³/mol. The summed E-state index contributed by atoms with van der Waals surface area (Å²) in [5, 5.41) is 11.4. The van der Waals surface area contributed by atoms with Gasteiger partial charge in [0, 0.05) is 24.8 Å². The molecule has 1 saturated heterocycles. The fourth-order valence-corrected chi connectivity index (χ4v) is 1.70. The molecule has 1 fully saturated rings. The lowest BCUT2D eigenvalue weighted by Crippen LogP contribution is -2.53. The number of anilines is 1. The highest BCUT2D eigenvalue weighted by Crippen LogP contribution is 2.13. The van der Waals surface area contributed by atoms with Crippen LogP contribution in [-0.4, -0.2) is 41.7 Å². The number of nitrogens with one attached hydrogen (secondary N) is 1. The smallest absolute Gasteiger partial charge is 0.238 e. The highest BCUT2D eigenvalue weighted by Gasteiger charge is 2.25. The maximum absolute atomic E-state index is 12.8. The van der Waals surface area contributed by atoms with Crippen LogP contribution in [0.25, 0.3) is 0 Å². The maximum atomic E-state index is 12.8. The Morgan fingerprint density at radius 2 is 1.94 bits per heavy atom. The number of likely N-dealkylation sites (tertiary alicyclic amines) is 1. The molecular formula is C11H12F2N2O2. The molecule has 1 amide bonds. The van der Waals surface area contributed by atoms with Gasteiger partial charge in [0.1, 0.15) is 11.6 Å². The minimum atomic E-state index is -0.736. The summed E-state index contributed by atoms with van der Waals surface area (Å²) in [5.74, 6) is -1.83. The molecule has 2 N–H and O–H groups in total. The van der Waals surface area contributed by atoms with E-state index in [9.17, 15) is 13.6 Å². The zero-order valence-corrected chi connectivity index (χ0v) is 8.99. The number of benzene rings is 1. The molecule has 0 aliphatic carbocycles. The first kappa shape index (κ1) is 11.9. The number of amides is 1. The van der Waals surface area contributed by atoms with Gasteiger partial charge in [-0.15, -0.1) is 0 Å². The first-order valence-corrected chi connectivity index (χ1v) is 5.19. The molecule has 1 heterocycles. The standard InChI is InChI=1S/C11H12F2N2O2/c12-7-1-8(13)3-9(2-7)14-11(17)6-15-4-10(16)5-15/h1-3,10,16H,4-6H2,(H,14,17). The zero-order chi connectivity index (χ0) is 12.4. The number of carbonyl (C=O) groups is 1. The van der Waals surface area contributed by atoms with Gasteiger partial charge < -0.3 is 10.4 Å². The SMILES string of the molecule is O=C(CN1CC(O)C1)Nc1cc(F)cc(F)c1. The number of halogens is 2. The number of aliphatic hydroxyl groups is 1. The van der Waals surface area contributed by atoms with E-state index in [0.717, 1.165) is 18.2 Å². The summed E-state index contributed by atoms with van der Waals surface area (Å²) >= 11 is 0. The van der Waals surface area contributed by atoms with Crippen LogP contribution in [-0.2, 0) is 4.79 Å². The summed E-state index contributed by atoms with van der Waals surface area (Å²) in [6, 6.07) is 2.83. The summed E-state index contributed by atoms with van der Waals surface area (Å²) in [6.07, 6.45) is -0.380. The predicted octanol–water partition coefficient (Wildman–Crippen LogP) is 0.580. The van der Waals surface area contributed by atoms with Gasteiger partial charge in [-0.05, 0) is 12.1 Å². The van der Waals surface area contributed by atoms with Crippen molar-refractivity contribution in [1.82, 2.24) is 4.90 Å². The Morgan fingerprint density at radius 3 is 2.47 bits per heavy atom. The molecule has 2 rings (SSSR count). The number of rotatable bonds is 3. The molecule has 0 aromatic heterocycles. The fraction of sp³-hybridized carbons (Fsp3) is 0.364. The van der Waals surface area contributed by atoms with Gasteiger partial charge in [-0.1, -0.05) is 0 Å². The largest absolute Gasteiger partial charge is 0.390 e. The van der Waals surface area contributed by atoms with E-state index in [0.29, 0.717) is 13.1 Å². The quantitative estimate of drug-likeness (QED) is 0.815. The van der Waals surface area contributed by atoms with Gasteiger partial charge in [-0.2, -0.15) is 0 Å². The molecular weight excluding hydrogens is 230 g/mol. The molecule has 6 heteroatoms. The lowest BCUT2D eigenvalue weighted by atomic mass is 10.2. The number of aliphatic hydroxyl groups excluding tert-OH is 1. The van der Waals surface area contributed by atoms with Crippen LogP contribution in [0.3, 0.4) is 0 Å². The third kappa shape index (κ3) is 3.21. The van der Waals surface area contributed by atoms with Gasteiger partial charge >= 0.3 is 0 Å². The molecule has 1 aliphatic rings. The maximum Gasteiger partial charge on any atom is 0.238 e. The third-order valence-electron chi connectivity index (χ3n) is 2.45. The number of nitrogens with zero attached hydrogens (tertiary/aromatic N) is 1. The Morgan fingerprint density at radius 1 is 1.35 bits per heavy atom. The lowest BCUT2D eigenvalue weighted by molar-refractivity contribution is -0.119. The summed E-state index contributed by atoms with van der Waals surface area (Å²) < 4.78 is 25.7. The molecule has 0 spiro atoms. The van der Waals surface area contributed by atoms with E-state index in [1.165, 1.54) is 0 Å². The molecule has 1 aliphatic heterocycles. The minimum Gasteiger partial charge on any atom is -0.390 e. The summed E-state index contributed by atoms with van der Waals surface area (Å²) in [6.45, 7) is 1.01. The first-order valence-electron chi connectivity index (χ1n) is 5.19. The van der Waals surface area contributed by atoms with Gasteiger partial charge in [0.05, 0.1) is 12.6 Å². The molecule has 17 heavy (non-hydrogen) atoms. The van der Waals surface area contributed by atoms with Crippen molar-refractivity contribution in [1.29, 1.82) is 0 Å². The Labute approximate surface area is 96.8 Å². The van der Waals surface area contributed by atoms with E-state index < -0.39 is 11.6 Å². The van der Waals surface area contributed by atoms with E-state index in [-0.39, 0.29) is 24.2 Å². The molecule has 1 aromatic rings. The minimum absolute atomic E-state index is 0.0913. The van der Waals surface area contributed by atoms with Crippen molar-refractivity contribution in [3.05, 3.63) is 29.8 Å². The molecule has 1 aromatic carbocycles. The number of β-amino-alcohol motifs (C(OH)–C–C–N with tert-alkyl or cyclic N) is 1. The summed E-state index contributed by atoms with van der Waals surface area (Å²) in [4.78, 5) is 13.2. The van der Waals surface area contributed by atoms with Crippen LogP contribution in [0, 0.1) is 11.6 Å². The van der Waals surface area contributed by atoms with E-state index >= 15 is 0 Å². The van der Waals surface area contributed by atoms with Crippen molar-refractivity contribution in [2.45, 2.75) is 6.10 Å². The van der Waals surface area contributed by atoms with Gasteiger partial charge in [0.15, 0.2) is 0 Å². The highest BCUT2D eigenvalue weighted by molar-refractivity contribution is 5.92. The molecule has 0 atom stereocenters. The summed E-state index contributed by atoms with van der Waals surface area (Å²) in [5.41, 5.74) is 0.0913. The van der Waals surface area contributed by atoms with Crippen molar-refractivity contribution in [2.75, 3.05) is 25.0 Å². The monoisotopic (exact) mass is 242 g/mol. The Hall–Kier alpha value is -1.53. The topological polar surface area (TPSA) is 52.6 Å². The van der Waals surface area contributed by atoms with Crippen LogP contribution in [0.4, 0.5) is 14.5 Å². The van der Waals surface area contributed by atoms with E-state index in [1.54, 1.807) is 4.90 Å². The Bertz CT molecular complexity index is 413. The summed E-state index contributed by atoms with van der Waals surface area (Å²) in [7, 11) is 0. The lowest BCUT2D eigenvalue weighted by Gasteiger charge is -2.34. The molecule has 0 bridgehead atoms. The fourth-order valence-electron chi connectivity index (χ4n) is 1.70. The van der Waals surface area contributed by atoms with Gasteiger partial charge in [-0.25, -0.2) is 8.78 Å². The third-order valence-corrected chi connectivity index (χ3v) is 2.45. The highest BCUT2D eigenvalue weighted by atomic mass is 19.1. The molecule has 0 radical (unpaired) electrons. The number of hydrogen-bond acceptors (Lipinski definition) is 3. The molecule has 4 nitrogen and oxygen atoms in total. The second-order valence-electron chi connectivity index (χ2n) is 4.05. The van der Waals surface area contributed by atoms with Crippen LogP contribution in [0.2, 0.25) is 0 Å². The first-order chi connectivity index (χ1) is 8.02. The average Bonchev–Trinajstić information content (AvgIpc) is 2.13. The van der Waals surface area contributed by atoms with E-state index in [1.807, 2.05) is 0 Å². The number of carbonyl (C=O) groups excluding carboxylic acids is 1. The molecule has 92 valence electrons. The van der Waals surface area contributed by atoms with Crippen LogP contribution in [0.15, 0.2) is 18.2 Å². The van der Waals surface area contributed by atoms with Gasteiger partial charge in [0.2, 0.25) is 5.91 Å². The van der Waals surface area contributed by atoms with Crippen molar-refractivity contribution >= 4 is 11.6 Å². The Kier molecular flexibility index (Phi) is 3.35. The van der Waals surface area contributed by atoms with Gasteiger partial charge in [-0.3, -0.25) is 9.69 Å². The second kappa shape index (κ2) is 4.77. The molecule has 0 saturated carbocycles. The van der Waals surface area contributed by atoms with Crippen LogP contribution < -0.4 is 5.32 Å².